The van der Waals surface area contributed by atoms with Crippen LogP contribution < -0.4 is 30.2 Å². The molecule has 6 heterocycles. The van der Waals surface area contributed by atoms with Gasteiger partial charge in [0.05, 0.1) is 35.7 Å². The van der Waals surface area contributed by atoms with Crippen molar-refractivity contribution in [3.8, 4) is 67.7 Å². The van der Waals surface area contributed by atoms with Crippen LogP contribution >= 0.6 is 0 Å². The minimum Gasteiger partial charge on any atom is -0.487 e. The van der Waals surface area contributed by atoms with Gasteiger partial charge in [-0.05, 0) is 262 Å². The molecule has 0 radical (unpaired) electrons. The first-order valence-electron chi connectivity index (χ1n) is 36.1. The second-order valence-corrected chi connectivity index (χ2v) is 29.8. The number of nitrogens with zero attached hydrogens (tertiary/aromatic N) is 12. The Kier molecular flexibility index (Phi) is 21.7. The van der Waals surface area contributed by atoms with E-state index in [0.717, 1.165) is 50.4 Å². The van der Waals surface area contributed by atoms with Gasteiger partial charge in [0.2, 0.25) is 17.7 Å². The third kappa shape index (κ3) is 18.8. The van der Waals surface area contributed by atoms with Gasteiger partial charge in [0.15, 0.2) is 0 Å². The zero-order valence-electron chi connectivity index (χ0n) is 61.8. The molecule has 3 aromatic heterocycles. The molecule has 13 rings (SSSR count). The third-order valence-electron chi connectivity index (χ3n) is 18.0. The molecule has 3 saturated heterocycles. The first kappa shape index (κ1) is 73.9. The fourth-order valence-electron chi connectivity index (χ4n) is 12.8. The lowest BCUT2D eigenvalue weighted by atomic mass is 9.93. The Morgan fingerprint density at radius 1 is 0.352 bits per heavy atom. The zero-order valence-corrected chi connectivity index (χ0v) is 61.8. The predicted molar refractivity (Wildman–Crippen MR) is 404 cm³/mol. The van der Waals surface area contributed by atoms with Crippen LogP contribution in [0.4, 0.5) is 31.4 Å². The molecule has 0 unspecified atom stereocenters. The van der Waals surface area contributed by atoms with E-state index in [4.69, 9.17) is 28.4 Å². The number of hydrogen-bond donors (Lipinski definition) is 3. The van der Waals surface area contributed by atoms with Gasteiger partial charge in [-0.3, -0.25) is 29.1 Å². The second kappa shape index (κ2) is 31.7. The molecule has 3 aliphatic heterocycles. The van der Waals surface area contributed by atoms with Crippen molar-refractivity contribution in [2.24, 2.45) is 0 Å². The van der Waals surface area contributed by atoms with Crippen LogP contribution in [0.15, 0.2) is 182 Å². The molecule has 0 spiro atoms. The highest BCUT2D eigenvalue weighted by atomic mass is 16.6. The summed E-state index contributed by atoms with van der Waals surface area (Å²) in [4.78, 5) is 83.0. The summed E-state index contributed by atoms with van der Waals surface area (Å²) in [6, 6.07) is 49.8. The van der Waals surface area contributed by atoms with Crippen LogP contribution in [0, 0.1) is 0 Å². The first-order chi connectivity index (χ1) is 51.7. The highest BCUT2D eigenvalue weighted by Crippen LogP contribution is 2.36. The van der Waals surface area contributed by atoms with Gasteiger partial charge < -0.3 is 44.4 Å². The van der Waals surface area contributed by atoms with E-state index in [1.165, 1.54) is 14.7 Å². The van der Waals surface area contributed by atoms with Gasteiger partial charge in [0, 0.05) is 36.7 Å². The summed E-state index contributed by atoms with van der Waals surface area (Å²) in [6.45, 7) is 18.0. The fourth-order valence-corrected chi connectivity index (χ4v) is 12.8. The molecule has 10 aromatic rings. The molecule has 27 nitrogen and oxygen atoms in total. The maximum atomic E-state index is 13.3. The van der Waals surface area contributed by atoms with Crippen molar-refractivity contribution in [2.45, 2.75) is 156 Å². The van der Waals surface area contributed by atoms with Crippen molar-refractivity contribution in [3.05, 3.63) is 199 Å². The highest BCUT2D eigenvalue weighted by molar-refractivity contribution is 5.99. The highest BCUT2D eigenvalue weighted by Gasteiger charge is 2.40. The number of carbonyl (C=O) groups is 6. The minimum absolute atomic E-state index is 0.154. The molecular formula is C81H87N15O12. The molecule has 3 fully saturated rings. The van der Waals surface area contributed by atoms with E-state index in [2.05, 4.69) is 65.1 Å². The van der Waals surface area contributed by atoms with Crippen LogP contribution in [0.3, 0.4) is 0 Å². The van der Waals surface area contributed by atoms with E-state index in [0.29, 0.717) is 110 Å². The molecular weight excluding hydrogens is 1370 g/mol. The van der Waals surface area contributed by atoms with Gasteiger partial charge in [0.1, 0.15) is 89.1 Å². The van der Waals surface area contributed by atoms with E-state index >= 15 is 0 Å². The van der Waals surface area contributed by atoms with Crippen LogP contribution in [0.5, 0.6) is 17.2 Å². The molecule has 27 heteroatoms. The molecule has 0 bridgehead atoms. The van der Waals surface area contributed by atoms with Crippen molar-refractivity contribution in [1.82, 2.24) is 59.7 Å². The Morgan fingerprint density at radius 3 is 0.843 bits per heavy atom. The summed E-state index contributed by atoms with van der Waals surface area (Å²) in [5.74, 6) is 1.08. The van der Waals surface area contributed by atoms with Crippen molar-refractivity contribution >= 4 is 53.1 Å². The molecule has 3 N–H and O–H groups in total. The lowest BCUT2D eigenvalue weighted by molar-refractivity contribution is -0.121. The summed E-state index contributed by atoms with van der Waals surface area (Å²) in [6.07, 6.45) is 7.64. The number of amides is 6. The van der Waals surface area contributed by atoms with E-state index in [1.807, 2.05) is 109 Å². The van der Waals surface area contributed by atoms with Crippen molar-refractivity contribution < 1.29 is 57.2 Å². The van der Waals surface area contributed by atoms with Crippen molar-refractivity contribution in [3.63, 3.8) is 0 Å². The monoisotopic (exact) mass is 1460 g/mol. The van der Waals surface area contributed by atoms with Crippen LogP contribution in [-0.4, -0.2) is 150 Å². The minimum atomic E-state index is -0.671. The molecule has 558 valence electrons. The van der Waals surface area contributed by atoms with Crippen LogP contribution in [-0.2, 0) is 48.4 Å². The van der Waals surface area contributed by atoms with Crippen LogP contribution in [0.2, 0.25) is 0 Å². The van der Waals surface area contributed by atoms with Gasteiger partial charge >= 0.3 is 18.3 Å². The number of benzene rings is 7. The average Bonchev–Trinajstić information content (AvgIpc) is 1.14. The molecule has 3 aliphatic rings. The standard InChI is InChI=1S/C81H87N15O12/c1-79(2,3)106-76(100)91-40-10-13-70(91)73(97)82-58-22-28-64(29-23-58)94-46-61(85-88-94)49-103-67-34-16-52(17-35-67)55-43-56(53-18-36-68(37-19-53)104-50-62-47-95(89-86-62)65-30-24-59(25-31-65)83-74(98)71-14-11-41-92(71)77(101)107-80(4,5)6)45-57(44-55)54-20-38-69(39-21-54)105-51-63-48-96(90-87-63)66-32-26-60(27-33-66)84-75(99)72-15-12-42-93(72)78(102)108-81(7,8)9/h16-39,43-48,70-72H,10-15,40-42,49-51H2,1-9H3,(H,82,97)(H,83,98)(H,84,99)/t70-,71-,72-/m0/s1. The smallest absolute Gasteiger partial charge is 0.410 e. The maximum Gasteiger partial charge on any atom is 0.410 e. The Morgan fingerprint density at radius 2 is 0.602 bits per heavy atom. The first-order valence-corrected chi connectivity index (χ1v) is 36.1. The normalized spacial score (nSPS) is 15.9. The number of aromatic nitrogens is 9. The van der Waals surface area contributed by atoms with Gasteiger partial charge in [0.25, 0.3) is 0 Å². The zero-order chi connectivity index (χ0) is 75.9. The van der Waals surface area contributed by atoms with Crippen LogP contribution in [0.25, 0.3) is 50.4 Å². The Balaban J connectivity index is 0.653. The topological polar surface area (TPSA) is 296 Å². The number of ether oxygens (including phenoxy) is 6. The molecule has 108 heavy (non-hydrogen) atoms. The number of anilines is 3. The quantitative estimate of drug-likeness (QED) is 0.0563. The van der Waals surface area contributed by atoms with Gasteiger partial charge in [-0.2, -0.15) is 0 Å². The maximum absolute atomic E-state index is 13.3. The Bertz CT molecular complexity index is 4350. The molecule has 6 amide bonds. The summed E-state index contributed by atoms with van der Waals surface area (Å²) in [5.41, 5.74) is 9.44. The number of hydrogen-bond acceptors (Lipinski definition) is 18. The summed E-state index contributed by atoms with van der Waals surface area (Å²) in [7, 11) is 0. The average molecular weight is 1460 g/mol. The SMILES string of the molecule is CC(C)(C)OC(=O)N1CCC[C@H]1C(=O)Nc1ccc(-n2cc(COc3ccc(-c4cc(-c5ccc(OCc6cn(-c7ccc(NC(=O)[C@@H]8CCCN8C(=O)OC(C)(C)C)cc7)nn6)cc5)cc(-c5ccc(OCc6cn(-c7ccc(NC(=O)[C@@H]8CCCN8C(=O)OC(C)(C)C)cc7)nn6)cc5)c4)cc3)nn2)cc1. The van der Waals surface area contributed by atoms with Crippen molar-refractivity contribution in [1.29, 1.82) is 0 Å². The number of nitrogens with one attached hydrogen (secondary N) is 3. The van der Waals surface area contributed by atoms with E-state index in [-0.39, 0.29) is 37.5 Å². The molecule has 3 atom stereocenters. The second-order valence-electron chi connectivity index (χ2n) is 29.8. The van der Waals surface area contributed by atoms with Gasteiger partial charge in [-0.1, -0.05) is 52.0 Å². The van der Waals surface area contributed by atoms with E-state index in [9.17, 15) is 28.8 Å². The van der Waals surface area contributed by atoms with E-state index < -0.39 is 53.2 Å². The summed E-state index contributed by atoms with van der Waals surface area (Å²) in [5, 5.41) is 34.9. The third-order valence-corrected chi connectivity index (χ3v) is 18.0. The van der Waals surface area contributed by atoms with Gasteiger partial charge in [-0.25, -0.2) is 28.4 Å². The number of likely N-dealkylation sites (tertiary alicyclic amines) is 3. The fraction of sp³-hybridized carbons (Fsp3) is 0.333. The Hall–Kier alpha value is -12.4. The largest absolute Gasteiger partial charge is 0.487 e. The van der Waals surface area contributed by atoms with Gasteiger partial charge in [-0.15, -0.1) is 15.3 Å². The lowest BCUT2D eigenvalue weighted by Gasteiger charge is -2.28. The molecule has 7 aromatic carbocycles. The molecule has 0 aliphatic carbocycles. The van der Waals surface area contributed by atoms with E-state index in [1.54, 1.807) is 131 Å². The lowest BCUT2D eigenvalue weighted by Crippen LogP contribution is -2.45. The van der Waals surface area contributed by atoms with Crippen LogP contribution in [0.1, 0.15) is 118 Å². The number of carbonyl (C=O) groups excluding carboxylic acids is 6. The molecule has 0 saturated carbocycles. The number of rotatable bonds is 21. The Labute approximate surface area is 625 Å². The summed E-state index contributed by atoms with van der Waals surface area (Å²) < 4.78 is 40.3. The summed E-state index contributed by atoms with van der Waals surface area (Å²) >= 11 is 0. The predicted octanol–water partition coefficient (Wildman–Crippen LogP) is 14.2. The van der Waals surface area contributed by atoms with Crippen molar-refractivity contribution in [2.75, 3.05) is 35.6 Å².